The molecule has 0 saturated carbocycles. The average molecular weight is 242 g/mol. The number of nitrogens with one attached hydrogen (secondary N) is 1. The predicted octanol–water partition coefficient (Wildman–Crippen LogP) is 1.57. The van der Waals surface area contributed by atoms with Crippen LogP contribution in [0.4, 0.5) is 5.95 Å². The summed E-state index contributed by atoms with van der Waals surface area (Å²) in [4.78, 5) is 2.16. The minimum Gasteiger partial charge on any atom is -0.376 e. The quantitative estimate of drug-likeness (QED) is 0.817. The van der Waals surface area contributed by atoms with Crippen molar-refractivity contribution in [3.8, 4) is 0 Å². The highest BCUT2D eigenvalue weighted by Crippen LogP contribution is 2.22. The molecule has 2 unspecified atom stereocenters. The summed E-state index contributed by atoms with van der Waals surface area (Å²) in [5.41, 5.74) is 0. The van der Waals surface area contributed by atoms with Gasteiger partial charge in [-0.3, -0.25) is 4.57 Å². The van der Waals surface area contributed by atoms with Crippen molar-refractivity contribution in [3.63, 3.8) is 0 Å². The van der Waals surface area contributed by atoms with Crippen LogP contribution in [0.5, 0.6) is 0 Å². The maximum absolute atomic E-state index is 5.57. The highest BCUT2D eigenvalue weighted by molar-refractivity contribution is 7.71. The molecule has 1 aliphatic heterocycles. The van der Waals surface area contributed by atoms with Crippen LogP contribution in [0.2, 0.25) is 0 Å². The first-order chi connectivity index (χ1) is 7.65. The molecule has 0 amide bonds. The fourth-order valence-electron chi connectivity index (χ4n) is 2.24. The summed E-state index contributed by atoms with van der Waals surface area (Å²) in [6.07, 6.45) is 1.29. The summed E-state index contributed by atoms with van der Waals surface area (Å²) < 4.78 is 8.25. The van der Waals surface area contributed by atoms with Crippen LogP contribution in [-0.2, 0) is 11.3 Å². The van der Waals surface area contributed by atoms with Crippen LogP contribution in [0.25, 0.3) is 0 Å². The fraction of sp³-hybridized carbons (Fsp3) is 0.800. The van der Waals surface area contributed by atoms with Gasteiger partial charge in [-0.15, -0.1) is 5.10 Å². The molecule has 1 fully saturated rings. The van der Waals surface area contributed by atoms with E-state index in [-0.39, 0.29) is 6.10 Å². The Morgan fingerprint density at radius 2 is 2.44 bits per heavy atom. The van der Waals surface area contributed by atoms with Crippen molar-refractivity contribution < 1.29 is 4.74 Å². The molecule has 0 bridgehead atoms. The zero-order valence-corrected chi connectivity index (χ0v) is 10.8. The van der Waals surface area contributed by atoms with Crippen molar-refractivity contribution in [2.24, 2.45) is 0 Å². The van der Waals surface area contributed by atoms with Crippen molar-refractivity contribution in [3.05, 3.63) is 4.77 Å². The minimum atomic E-state index is 0.251. The number of hydrogen-bond acceptors (Lipinski definition) is 4. The zero-order chi connectivity index (χ0) is 11.7. The molecule has 0 aromatic carbocycles. The SMILES string of the molecule is CCn1c(N(C)C2CCOC2C)n[nH]c1=S. The first-order valence-corrected chi connectivity index (χ1v) is 6.05. The second-order valence-electron chi connectivity index (χ2n) is 4.12. The van der Waals surface area contributed by atoms with Crippen LogP contribution in [-0.4, -0.2) is 40.6 Å². The molecule has 1 aliphatic rings. The number of nitrogens with zero attached hydrogens (tertiary/aromatic N) is 3. The van der Waals surface area contributed by atoms with Crippen LogP contribution in [0.15, 0.2) is 0 Å². The third-order valence-electron chi connectivity index (χ3n) is 3.20. The number of aromatic nitrogens is 3. The standard InChI is InChI=1S/C10H18N4OS/c1-4-14-9(11-12-10(14)16)13(3)8-5-6-15-7(8)2/h7-8H,4-6H2,1-3H3,(H,12,16). The molecule has 0 radical (unpaired) electrons. The van der Waals surface area contributed by atoms with Gasteiger partial charge in [0.1, 0.15) is 0 Å². The lowest BCUT2D eigenvalue weighted by Crippen LogP contribution is -2.38. The maximum Gasteiger partial charge on any atom is 0.225 e. The number of rotatable bonds is 3. The Hall–Kier alpha value is -0.880. The third kappa shape index (κ3) is 1.87. The number of ether oxygens (including phenoxy) is 1. The lowest BCUT2D eigenvalue weighted by Gasteiger charge is -2.27. The smallest absolute Gasteiger partial charge is 0.225 e. The summed E-state index contributed by atoms with van der Waals surface area (Å²) in [7, 11) is 2.05. The van der Waals surface area contributed by atoms with Gasteiger partial charge < -0.3 is 9.64 Å². The maximum atomic E-state index is 5.57. The second-order valence-corrected chi connectivity index (χ2v) is 4.50. The lowest BCUT2D eigenvalue weighted by molar-refractivity contribution is 0.118. The van der Waals surface area contributed by atoms with Crippen LogP contribution in [0.3, 0.4) is 0 Å². The van der Waals surface area contributed by atoms with E-state index in [4.69, 9.17) is 17.0 Å². The Morgan fingerprint density at radius 1 is 1.69 bits per heavy atom. The monoisotopic (exact) mass is 242 g/mol. The molecular formula is C10H18N4OS. The van der Waals surface area contributed by atoms with E-state index in [0.29, 0.717) is 10.8 Å². The number of H-pyrrole nitrogens is 1. The van der Waals surface area contributed by atoms with E-state index in [1.165, 1.54) is 0 Å². The lowest BCUT2D eigenvalue weighted by atomic mass is 10.1. The summed E-state index contributed by atoms with van der Waals surface area (Å²) in [6.45, 7) is 5.83. The first kappa shape index (κ1) is 11.6. The summed E-state index contributed by atoms with van der Waals surface area (Å²) in [6, 6.07) is 0.385. The van der Waals surface area contributed by atoms with Crippen molar-refractivity contribution in [2.75, 3.05) is 18.6 Å². The molecule has 2 rings (SSSR count). The fourth-order valence-corrected chi connectivity index (χ4v) is 2.50. The van der Waals surface area contributed by atoms with Gasteiger partial charge in [-0.25, -0.2) is 5.10 Å². The van der Waals surface area contributed by atoms with Gasteiger partial charge in [0.05, 0.1) is 12.1 Å². The van der Waals surface area contributed by atoms with E-state index >= 15 is 0 Å². The van der Waals surface area contributed by atoms with E-state index in [0.717, 1.165) is 25.5 Å². The van der Waals surface area contributed by atoms with Gasteiger partial charge in [-0.1, -0.05) is 0 Å². The molecule has 5 nitrogen and oxygen atoms in total. The van der Waals surface area contributed by atoms with Crippen LogP contribution in [0.1, 0.15) is 20.3 Å². The van der Waals surface area contributed by atoms with E-state index < -0.39 is 0 Å². The average Bonchev–Trinajstić information content (AvgIpc) is 2.83. The van der Waals surface area contributed by atoms with Crippen LogP contribution < -0.4 is 4.90 Å². The van der Waals surface area contributed by atoms with E-state index in [2.05, 4.69) is 28.9 Å². The second kappa shape index (κ2) is 4.55. The Labute approximate surface area is 100 Å². The molecule has 1 aromatic heterocycles. The minimum absolute atomic E-state index is 0.251. The van der Waals surface area contributed by atoms with Crippen molar-refractivity contribution in [1.29, 1.82) is 0 Å². The number of likely N-dealkylation sites (N-methyl/N-ethyl adjacent to an activating group) is 1. The molecule has 2 heterocycles. The molecular weight excluding hydrogens is 224 g/mol. The normalized spacial score (nSPS) is 24.9. The largest absolute Gasteiger partial charge is 0.376 e. The predicted molar refractivity (Wildman–Crippen MR) is 65.3 cm³/mol. The first-order valence-electron chi connectivity index (χ1n) is 5.64. The van der Waals surface area contributed by atoms with Gasteiger partial charge >= 0.3 is 0 Å². The molecule has 16 heavy (non-hydrogen) atoms. The molecule has 2 atom stereocenters. The Bertz CT molecular complexity index is 413. The third-order valence-corrected chi connectivity index (χ3v) is 3.52. The van der Waals surface area contributed by atoms with E-state index in [1.807, 2.05) is 11.6 Å². The van der Waals surface area contributed by atoms with E-state index in [1.54, 1.807) is 0 Å². The number of aromatic amines is 1. The Morgan fingerprint density at radius 3 is 3.00 bits per heavy atom. The molecule has 90 valence electrons. The molecule has 1 N–H and O–H groups in total. The zero-order valence-electron chi connectivity index (χ0n) is 9.93. The van der Waals surface area contributed by atoms with Crippen LogP contribution in [0, 0.1) is 4.77 Å². The van der Waals surface area contributed by atoms with Gasteiger partial charge in [-0.05, 0) is 32.5 Å². The van der Waals surface area contributed by atoms with Gasteiger partial charge in [0.15, 0.2) is 4.77 Å². The van der Waals surface area contributed by atoms with Crippen LogP contribution >= 0.6 is 12.2 Å². The highest BCUT2D eigenvalue weighted by Gasteiger charge is 2.30. The van der Waals surface area contributed by atoms with Crippen molar-refractivity contribution in [1.82, 2.24) is 14.8 Å². The summed E-state index contributed by atoms with van der Waals surface area (Å²) in [5, 5.41) is 7.12. The number of anilines is 1. The van der Waals surface area contributed by atoms with Crippen molar-refractivity contribution in [2.45, 2.75) is 39.0 Å². The number of hydrogen-bond donors (Lipinski definition) is 1. The molecule has 0 spiro atoms. The van der Waals surface area contributed by atoms with Gasteiger partial charge in [-0.2, -0.15) is 0 Å². The summed E-state index contributed by atoms with van der Waals surface area (Å²) >= 11 is 5.18. The van der Waals surface area contributed by atoms with Gasteiger partial charge in [0.25, 0.3) is 0 Å². The topological polar surface area (TPSA) is 46.1 Å². The van der Waals surface area contributed by atoms with Crippen molar-refractivity contribution >= 4 is 18.2 Å². The van der Waals surface area contributed by atoms with Gasteiger partial charge in [0.2, 0.25) is 5.95 Å². The Kier molecular flexibility index (Phi) is 3.30. The molecule has 0 aliphatic carbocycles. The molecule has 1 saturated heterocycles. The molecule has 6 heteroatoms. The summed E-state index contributed by atoms with van der Waals surface area (Å²) in [5.74, 6) is 0.898. The molecule has 1 aromatic rings. The Balaban J connectivity index is 2.26. The van der Waals surface area contributed by atoms with Gasteiger partial charge in [0, 0.05) is 20.2 Å². The highest BCUT2D eigenvalue weighted by atomic mass is 32.1. The van der Waals surface area contributed by atoms with E-state index in [9.17, 15) is 0 Å².